The number of hydrogen-bond acceptors (Lipinski definition) is 24. The van der Waals surface area contributed by atoms with Crippen LogP contribution in [0.2, 0.25) is 0 Å². The topological polar surface area (TPSA) is 355 Å². The molecule has 20 heterocycles. The van der Waals surface area contributed by atoms with Crippen molar-refractivity contribution in [1.82, 2.24) is 112 Å². The minimum Gasteiger partial charge on any atom is -0.441 e. The Bertz CT molecular complexity index is 8190. The van der Waals surface area contributed by atoms with Crippen molar-refractivity contribution in [3.8, 4) is 55.6 Å². The lowest BCUT2D eigenvalue weighted by molar-refractivity contribution is 0.00151. The number of piperidine rings is 2. The summed E-state index contributed by atoms with van der Waals surface area (Å²) in [6, 6.07) is 50.9. The molecule has 6 aliphatic rings. The normalized spacial score (nSPS) is 16.3. The maximum atomic E-state index is 13.4. The number of fused-ring (bicyclic) bond motifs is 10. The number of carbonyl (C=O) groups excluding carboxylic acids is 5. The second kappa shape index (κ2) is 38.7. The molecular formula is C108H107N23O11. The SMILES string of the molecule is Cc1nc2cc(-c3ccc4ncc(C(=O)N(C)C5CCN(C)CC5)n4c3)ccc2o1.Cc1nc2cc(-c3ccc4ncc(C(=O)N5CCC(N6CCOCC6)CC5)n4c3)ccc2o1.Cc1nc2cc(-c3ccc4ncc(C(=O)N5CCCC5)n4c3)ccc2o1.Cc1nc2cc(-c3ccc4ncc(C(=O)N5CCNC(C)C5)n4c3)ccc2o1.Cc1nc2cc(-c3ccc4ncc(C(=O)NC5CC5)n4c3)ccc2o1. The summed E-state index contributed by atoms with van der Waals surface area (Å²) < 4.78 is 42.7. The molecular weight excluding hydrogens is 1800 g/mol. The number of imidazole rings is 5. The molecule has 15 aromatic heterocycles. The van der Waals surface area contributed by atoms with E-state index in [1.165, 1.54) is 0 Å². The minimum absolute atomic E-state index is 0.0109. The van der Waals surface area contributed by atoms with Crippen LogP contribution in [0, 0.1) is 34.6 Å². The number of aryl methyl sites for hydroxylation is 5. The Morgan fingerprint density at radius 1 is 0.366 bits per heavy atom. The van der Waals surface area contributed by atoms with Crippen LogP contribution in [0.1, 0.15) is 140 Å². The number of piperazine rings is 1. The standard InChI is InChI=1S/C25H27N5O3.C23H25N5O2.C21H21N5O2.C20H18N4O2.C19H16N4O2/c1-17-27-21-14-18(2-4-23(21)33-17)19-3-5-24-26-15-22(30(24)16-19)25(31)29-8-6-20(7-9-29)28-10-12-32-13-11-28;1-15-25-19-12-16(4-6-21(19)30-15)17-5-7-22-24-13-20(28(22)14-17)23(29)27(3)18-8-10-26(2)11-9-18;1-13-11-25(8-7-22-13)21(27)18-10-23-20-6-4-16(12-26(18)20)15-3-5-19-17(9-15)24-14(2)28-19;1-13-22-16-10-14(4-6-18(16)26-13)15-5-7-19-21-11-17(24(19)12-15)20(25)23-8-2-3-9-23;1-11-21-15-8-12(2-6-17(15)25-11)13-3-7-18-20-9-16(23(18)10-13)19(24)22-14-4-5-14/h2-5,14-16,20H,6-13H2,1H3;4-7,12-14,18H,8-11H2,1-3H3;3-6,9-10,12-13,22H,7-8,11H2,1-2H3;4-7,10-12H,2-3,8-9H2,1H3;2-3,6-10,14H,4-5H2,1H3,(H,22,24). The van der Waals surface area contributed by atoms with Crippen LogP contribution in [-0.4, -0.2) is 254 Å². The van der Waals surface area contributed by atoms with Crippen LogP contribution < -0.4 is 10.6 Å². The lowest BCUT2D eigenvalue weighted by Crippen LogP contribution is -2.51. The average molecular weight is 1900 g/mol. The molecule has 6 fully saturated rings. The molecule has 5 amide bonds. The fourth-order valence-corrected chi connectivity index (χ4v) is 19.8. The summed E-state index contributed by atoms with van der Waals surface area (Å²) in [5, 5.41) is 6.38. The van der Waals surface area contributed by atoms with Gasteiger partial charge in [0.1, 0.15) is 84.3 Å². The zero-order valence-electron chi connectivity index (χ0n) is 80.2. The van der Waals surface area contributed by atoms with E-state index in [2.05, 4.69) is 84.2 Å². The molecule has 20 aromatic rings. The zero-order chi connectivity index (χ0) is 97.1. The van der Waals surface area contributed by atoms with Crippen LogP contribution >= 0.6 is 0 Å². The Morgan fingerprint density at radius 2 is 0.690 bits per heavy atom. The Morgan fingerprint density at radius 3 is 1.05 bits per heavy atom. The third-order valence-electron chi connectivity index (χ3n) is 27.6. The number of rotatable bonds is 13. The first-order valence-corrected chi connectivity index (χ1v) is 48.5. The highest BCUT2D eigenvalue weighted by Gasteiger charge is 2.33. The molecule has 5 aliphatic heterocycles. The van der Waals surface area contributed by atoms with Crippen LogP contribution in [0.25, 0.3) is 139 Å². The van der Waals surface area contributed by atoms with Gasteiger partial charge in [-0.25, -0.2) is 49.8 Å². The first-order chi connectivity index (χ1) is 69.1. The van der Waals surface area contributed by atoms with Crippen molar-refractivity contribution in [3.63, 3.8) is 0 Å². The highest BCUT2D eigenvalue weighted by atomic mass is 16.5. The summed E-state index contributed by atoms with van der Waals surface area (Å²) in [4.78, 5) is 121. The van der Waals surface area contributed by atoms with Gasteiger partial charge in [0.05, 0.1) is 44.2 Å². The van der Waals surface area contributed by atoms with Gasteiger partial charge in [-0.05, 0) is 255 Å². The Kier molecular flexibility index (Phi) is 24.9. The summed E-state index contributed by atoms with van der Waals surface area (Å²) in [7, 11) is 4.03. The predicted molar refractivity (Wildman–Crippen MR) is 538 cm³/mol. The van der Waals surface area contributed by atoms with Crippen molar-refractivity contribution < 1.29 is 50.8 Å². The van der Waals surface area contributed by atoms with Crippen molar-refractivity contribution in [2.24, 2.45) is 0 Å². The minimum atomic E-state index is -0.0743. The maximum Gasteiger partial charge on any atom is 0.272 e. The monoisotopic (exact) mass is 1900 g/mol. The lowest BCUT2D eigenvalue weighted by Gasteiger charge is -2.40. The van der Waals surface area contributed by atoms with E-state index in [4.69, 9.17) is 26.8 Å². The molecule has 720 valence electrons. The van der Waals surface area contributed by atoms with Crippen molar-refractivity contribution in [2.75, 3.05) is 99.3 Å². The Balaban J connectivity index is 0.000000102. The largest absolute Gasteiger partial charge is 0.441 e. The van der Waals surface area contributed by atoms with Gasteiger partial charge in [-0.15, -0.1) is 0 Å². The molecule has 5 aromatic carbocycles. The average Bonchev–Trinajstić information content (AvgIpc) is 1.63. The van der Waals surface area contributed by atoms with Gasteiger partial charge in [0, 0.05) is 156 Å². The summed E-state index contributed by atoms with van der Waals surface area (Å²) in [5.74, 6) is 3.30. The smallest absolute Gasteiger partial charge is 0.272 e. The highest BCUT2D eigenvalue weighted by Crippen LogP contribution is 2.35. The van der Waals surface area contributed by atoms with E-state index in [1.807, 2.05) is 266 Å². The molecule has 26 rings (SSSR count). The van der Waals surface area contributed by atoms with Crippen molar-refractivity contribution in [2.45, 2.75) is 117 Å². The zero-order valence-corrected chi connectivity index (χ0v) is 80.2. The molecule has 0 spiro atoms. The van der Waals surface area contributed by atoms with Crippen molar-refractivity contribution in [3.05, 3.63) is 272 Å². The lowest BCUT2D eigenvalue weighted by atomic mass is 10.0. The predicted octanol–water partition coefficient (Wildman–Crippen LogP) is 16.9. The summed E-state index contributed by atoms with van der Waals surface area (Å²) in [5.41, 5.74) is 24.9. The van der Waals surface area contributed by atoms with E-state index < -0.39 is 0 Å². The number of nitrogens with zero attached hydrogens (tertiary/aromatic N) is 21. The first-order valence-electron chi connectivity index (χ1n) is 48.5. The summed E-state index contributed by atoms with van der Waals surface area (Å²) in [6.45, 7) is 22.4. The second-order valence-electron chi connectivity index (χ2n) is 37.5. The van der Waals surface area contributed by atoms with Crippen molar-refractivity contribution in [1.29, 1.82) is 0 Å². The second-order valence-corrected chi connectivity index (χ2v) is 37.5. The van der Waals surface area contributed by atoms with E-state index in [9.17, 15) is 24.0 Å². The Hall–Kier alpha value is -15.9. The van der Waals surface area contributed by atoms with E-state index >= 15 is 0 Å². The number of oxazole rings is 5. The van der Waals surface area contributed by atoms with Gasteiger partial charge in [0.15, 0.2) is 57.4 Å². The number of carbonyl (C=O) groups is 5. The molecule has 1 atom stereocenters. The van der Waals surface area contributed by atoms with Crippen LogP contribution in [0.3, 0.4) is 0 Å². The molecule has 1 unspecified atom stereocenters. The molecule has 1 saturated carbocycles. The first kappa shape index (κ1) is 91.2. The fourth-order valence-electron chi connectivity index (χ4n) is 19.8. The molecule has 0 radical (unpaired) electrons. The number of nitrogens with one attached hydrogen (secondary N) is 2. The van der Waals surface area contributed by atoms with Gasteiger partial charge in [0.25, 0.3) is 29.5 Å². The third kappa shape index (κ3) is 18.9. The van der Waals surface area contributed by atoms with Crippen LogP contribution in [-0.2, 0) is 4.74 Å². The van der Waals surface area contributed by atoms with E-state index in [-0.39, 0.29) is 35.6 Å². The molecule has 0 bridgehead atoms. The van der Waals surface area contributed by atoms with Gasteiger partial charge in [0.2, 0.25) is 0 Å². The van der Waals surface area contributed by atoms with E-state index in [1.54, 1.807) is 31.0 Å². The number of pyridine rings is 5. The molecule has 34 heteroatoms. The fraction of sp³-hybridized carbons (Fsp3) is 0.306. The maximum absolute atomic E-state index is 13.4. The number of amides is 5. The van der Waals surface area contributed by atoms with Crippen LogP contribution in [0.15, 0.2) is 236 Å². The van der Waals surface area contributed by atoms with Gasteiger partial charge in [-0.2, -0.15) is 0 Å². The highest BCUT2D eigenvalue weighted by molar-refractivity contribution is 5.98. The van der Waals surface area contributed by atoms with Crippen LogP contribution in [0.4, 0.5) is 0 Å². The molecule has 2 N–H and O–H groups in total. The van der Waals surface area contributed by atoms with Gasteiger partial charge in [-0.3, -0.25) is 50.9 Å². The number of hydrogen-bond donors (Lipinski definition) is 2. The molecule has 1 aliphatic carbocycles. The molecule has 34 nitrogen and oxygen atoms in total. The van der Waals surface area contributed by atoms with Crippen molar-refractivity contribution >= 4 is 113 Å². The van der Waals surface area contributed by atoms with Gasteiger partial charge in [-0.1, -0.05) is 30.3 Å². The van der Waals surface area contributed by atoms with Gasteiger partial charge >= 0.3 is 0 Å². The summed E-state index contributed by atoms with van der Waals surface area (Å²) >= 11 is 0. The number of benzene rings is 5. The third-order valence-corrected chi connectivity index (χ3v) is 27.6. The molecule has 142 heavy (non-hydrogen) atoms. The molecule has 5 saturated heterocycles. The van der Waals surface area contributed by atoms with Crippen LogP contribution in [0.5, 0.6) is 0 Å². The Labute approximate surface area is 815 Å². The number of ether oxygens (including phenoxy) is 1. The van der Waals surface area contributed by atoms with E-state index in [0.717, 1.165) is 263 Å². The number of aromatic nitrogens is 15. The quantitative estimate of drug-likeness (QED) is 0.108. The van der Waals surface area contributed by atoms with E-state index in [0.29, 0.717) is 89.1 Å². The summed E-state index contributed by atoms with van der Waals surface area (Å²) in [6.07, 6.45) is 26.5. The van der Waals surface area contributed by atoms with Gasteiger partial charge < -0.3 is 62.0 Å². The number of morpholine rings is 1. The number of likely N-dealkylation sites (tertiary alicyclic amines) is 3.